The summed E-state index contributed by atoms with van der Waals surface area (Å²) in [6.07, 6.45) is 16.1. The van der Waals surface area contributed by atoms with Crippen LogP contribution in [0, 0.1) is 11.3 Å². The molecule has 0 spiro atoms. The first-order valence-electron chi connectivity index (χ1n) is 9.78. The largest absolute Gasteiger partial charge is 0.316 e. The van der Waals surface area contributed by atoms with Crippen LogP contribution in [0.2, 0.25) is 0 Å². The molecule has 3 aliphatic rings. The van der Waals surface area contributed by atoms with E-state index >= 15 is 0 Å². The molecule has 0 amide bonds. The van der Waals surface area contributed by atoms with E-state index in [1.807, 2.05) is 0 Å². The number of rotatable bonds is 6. The van der Waals surface area contributed by atoms with E-state index in [0.717, 1.165) is 12.0 Å². The van der Waals surface area contributed by atoms with Gasteiger partial charge in [0, 0.05) is 19.1 Å². The van der Waals surface area contributed by atoms with Gasteiger partial charge in [0.05, 0.1) is 0 Å². The van der Waals surface area contributed by atoms with E-state index in [0.29, 0.717) is 5.41 Å². The highest BCUT2D eigenvalue weighted by atomic mass is 15.2. The summed E-state index contributed by atoms with van der Waals surface area (Å²) in [4.78, 5) is 2.93. The maximum Gasteiger partial charge on any atom is 0.0124 e. The number of hydrogen-bond acceptors (Lipinski definition) is 2. The first-order valence-corrected chi connectivity index (χ1v) is 9.78. The predicted octanol–water partition coefficient (Wildman–Crippen LogP) is 4.20. The molecular formula is C19H36N2. The van der Waals surface area contributed by atoms with Crippen molar-refractivity contribution in [1.82, 2.24) is 10.2 Å². The lowest BCUT2D eigenvalue weighted by Crippen LogP contribution is -2.51. The van der Waals surface area contributed by atoms with Crippen molar-refractivity contribution in [3.63, 3.8) is 0 Å². The average molecular weight is 293 g/mol. The van der Waals surface area contributed by atoms with E-state index in [-0.39, 0.29) is 0 Å². The maximum atomic E-state index is 3.77. The number of hydrogen-bond donors (Lipinski definition) is 1. The van der Waals surface area contributed by atoms with Crippen LogP contribution < -0.4 is 5.32 Å². The fourth-order valence-electron chi connectivity index (χ4n) is 5.41. The Morgan fingerprint density at radius 1 is 1.00 bits per heavy atom. The standard InChI is InChI=1S/C19H36N2/c1-2-13-20-15-19(11-4-3-5-12-19)16-21-14-7-9-17-8-6-10-18(17)21/h17-18,20H,2-16H2,1H3. The Kier molecular flexibility index (Phi) is 5.61. The van der Waals surface area contributed by atoms with Gasteiger partial charge in [0.1, 0.15) is 0 Å². The molecule has 2 saturated carbocycles. The van der Waals surface area contributed by atoms with E-state index in [9.17, 15) is 0 Å². The number of nitrogens with one attached hydrogen (secondary N) is 1. The average Bonchev–Trinajstić information content (AvgIpc) is 2.98. The van der Waals surface area contributed by atoms with Crippen LogP contribution in [0.25, 0.3) is 0 Å². The summed E-state index contributed by atoms with van der Waals surface area (Å²) in [5.41, 5.74) is 0.595. The summed E-state index contributed by atoms with van der Waals surface area (Å²) in [7, 11) is 0. The second-order valence-electron chi connectivity index (χ2n) is 8.11. The van der Waals surface area contributed by atoms with Crippen molar-refractivity contribution in [2.24, 2.45) is 11.3 Å². The minimum atomic E-state index is 0.595. The van der Waals surface area contributed by atoms with Gasteiger partial charge in [-0.1, -0.05) is 32.6 Å². The van der Waals surface area contributed by atoms with Gasteiger partial charge in [-0.05, 0) is 69.4 Å². The molecule has 122 valence electrons. The Morgan fingerprint density at radius 3 is 2.62 bits per heavy atom. The first kappa shape index (κ1) is 15.8. The normalized spacial score (nSPS) is 33.0. The molecule has 1 heterocycles. The summed E-state index contributed by atoms with van der Waals surface area (Å²) < 4.78 is 0. The van der Waals surface area contributed by atoms with E-state index in [1.165, 1.54) is 96.8 Å². The molecule has 0 aromatic rings. The third-order valence-electron chi connectivity index (χ3n) is 6.49. The molecule has 2 nitrogen and oxygen atoms in total. The molecule has 0 aromatic carbocycles. The van der Waals surface area contributed by atoms with Gasteiger partial charge in [-0.2, -0.15) is 0 Å². The van der Waals surface area contributed by atoms with Crippen LogP contribution in [0.3, 0.4) is 0 Å². The van der Waals surface area contributed by atoms with Crippen molar-refractivity contribution in [2.75, 3.05) is 26.2 Å². The molecule has 2 aliphatic carbocycles. The highest BCUT2D eigenvalue weighted by molar-refractivity contribution is 4.94. The minimum absolute atomic E-state index is 0.595. The number of nitrogens with zero attached hydrogens (tertiary/aromatic N) is 1. The molecule has 1 saturated heterocycles. The van der Waals surface area contributed by atoms with Crippen molar-refractivity contribution in [3.8, 4) is 0 Å². The van der Waals surface area contributed by atoms with Gasteiger partial charge in [-0.15, -0.1) is 0 Å². The molecular weight excluding hydrogens is 256 g/mol. The molecule has 0 aromatic heterocycles. The smallest absolute Gasteiger partial charge is 0.0124 e. The van der Waals surface area contributed by atoms with Crippen LogP contribution in [0.4, 0.5) is 0 Å². The highest BCUT2D eigenvalue weighted by Gasteiger charge is 2.40. The molecule has 2 heteroatoms. The summed E-state index contributed by atoms with van der Waals surface area (Å²) in [5.74, 6) is 1.04. The third kappa shape index (κ3) is 3.82. The van der Waals surface area contributed by atoms with E-state index in [1.54, 1.807) is 0 Å². The van der Waals surface area contributed by atoms with Crippen LogP contribution >= 0.6 is 0 Å². The van der Waals surface area contributed by atoms with Crippen molar-refractivity contribution in [3.05, 3.63) is 0 Å². The van der Waals surface area contributed by atoms with Crippen molar-refractivity contribution < 1.29 is 0 Å². The number of fused-ring (bicyclic) bond motifs is 1. The molecule has 1 N–H and O–H groups in total. The maximum absolute atomic E-state index is 3.77. The minimum Gasteiger partial charge on any atom is -0.316 e. The number of likely N-dealkylation sites (tertiary alicyclic amines) is 1. The topological polar surface area (TPSA) is 15.3 Å². The first-order chi connectivity index (χ1) is 10.3. The van der Waals surface area contributed by atoms with Crippen LogP contribution in [0.5, 0.6) is 0 Å². The van der Waals surface area contributed by atoms with Crippen LogP contribution in [-0.2, 0) is 0 Å². The summed E-state index contributed by atoms with van der Waals surface area (Å²) in [6.45, 7) is 7.54. The van der Waals surface area contributed by atoms with Crippen LogP contribution in [0.1, 0.15) is 77.6 Å². The SMILES string of the molecule is CCCNCC1(CN2CCCC3CCCC32)CCCCC1. The highest BCUT2D eigenvalue weighted by Crippen LogP contribution is 2.42. The fourth-order valence-corrected chi connectivity index (χ4v) is 5.41. The number of piperidine rings is 1. The van der Waals surface area contributed by atoms with Gasteiger partial charge >= 0.3 is 0 Å². The van der Waals surface area contributed by atoms with Gasteiger partial charge in [0.15, 0.2) is 0 Å². The molecule has 2 unspecified atom stereocenters. The summed E-state index contributed by atoms with van der Waals surface area (Å²) in [6, 6.07) is 0.948. The molecule has 2 atom stereocenters. The Balaban J connectivity index is 1.62. The zero-order chi connectivity index (χ0) is 14.5. The van der Waals surface area contributed by atoms with Gasteiger partial charge in [0.2, 0.25) is 0 Å². The molecule has 3 rings (SSSR count). The van der Waals surface area contributed by atoms with E-state index in [2.05, 4.69) is 17.1 Å². The van der Waals surface area contributed by atoms with E-state index < -0.39 is 0 Å². The Bertz CT molecular complexity index is 309. The van der Waals surface area contributed by atoms with Crippen LogP contribution in [0.15, 0.2) is 0 Å². The van der Waals surface area contributed by atoms with Gasteiger partial charge in [-0.3, -0.25) is 4.90 Å². The van der Waals surface area contributed by atoms with Crippen LogP contribution in [-0.4, -0.2) is 37.1 Å². The van der Waals surface area contributed by atoms with Gasteiger partial charge in [-0.25, -0.2) is 0 Å². The predicted molar refractivity (Wildman–Crippen MR) is 90.6 cm³/mol. The van der Waals surface area contributed by atoms with Crippen molar-refractivity contribution in [2.45, 2.75) is 83.6 Å². The zero-order valence-electron chi connectivity index (χ0n) is 14.2. The van der Waals surface area contributed by atoms with Gasteiger partial charge in [0.25, 0.3) is 0 Å². The Labute approximate surface area is 132 Å². The lowest BCUT2D eigenvalue weighted by atomic mass is 9.72. The van der Waals surface area contributed by atoms with Crippen molar-refractivity contribution >= 4 is 0 Å². The molecule has 21 heavy (non-hydrogen) atoms. The summed E-state index contributed by atoms with van der Waals surface area (Å²) >= 11 is 0. The van der Waals surface area contributed by atoms with Gasteiger partial charge < -0.3 is 5.32 Å². The van der Waals surface area contributed by atoms with E-state index in [4.69, 9.17) is 0 Å². The Hall–Kier alpha value is -0.0800. The molecule has 0 radical (unpaired) electrons. The second-order valence-corrected chi connectivity index (χ2v) is 8.11. The zero-order valence-corrected chi connectivity index (χ0v) is 14.2. The summed E-state index contributed by atoms with van der Waals surface area (Å²) in [5, 5.41) is 3.77. The lowest BCUT2D eigenvalue weighted by Gasteiger charge is -2.46. The lowest BCUT2D eigenvalue weighted by molar-refractivity contribution is 0.0390. The second kappa shape index (κ2) is 7.46. The quantitative estimate of drug-likeness (QED) is 0.738. The fraction of sp³-hybridized carbons (Fsp3) is 1.00. The molecule has 1 aliphatic heterocycles. The molecule has 0 bridgehead atoms. The molecule has 3 fully saturated rings. The monoisotopic (exact) mass is 292 g/mol. The third-order valence-corrected chi connectivity index (χ3v) is 6.49. The Morgan fingerprint density at radius 2 is 1.81 bits per heavy atom. The van der Waals surface area contributed by atoms with Crippen molar-refractivity contribution in [1.29, 1.82) is 0 Å².